The van der Waals surface area contributed by atoms with Crippen LogP contribution < -0.4 is 10.2 Å². The van der Waals surface area contributed by atoms with Gasteiger partial charge in [-0.25, -0.2) is 18.7 Å². The lowest BCUT2D eigenvalue weighted by Crippen LogP contribution is -2.39. The number of nitrogens with one attached hydrogen (secondary N) is 1. The summed E-state index contributed by atoms with van der Waals surface area (Å²) in [4.78, 5) is 28.1. The molecule has 34 heavy (non-hydrogen) atoms. The van der Waals surface area contributed by atoms with E-state index in [9.17, 15) is 26.7 Å². The highest BCUT2D eigenvalue weighted by molar-refractivity contribution is 5.76. The van der Waals surface area contributed by atoms with Gasteiger partial charge >= 0.3 is 6.18 Å². The van der Waals surface area contributed by atoms with Gasteiger partial charge in [0.25, 0.3) is 5.92 Å². The Morgan fingerprint density at radius 1 is 1.21 bits per heavy atom. The number of rotatable bonds is 5. The zero-order valence-electron chi connectivity index (χ0n) is 18.6. The first-order valence-electron chi connectivity index (χ1n) is 11.1. The number of halogens is 5. The van der Waals surface area contributed by atoms with Gasteiger partial charge in [-0.3, -0.25) is 4.79 Å². The number of alkyl halides is 5. The fraction of sp³-hybridized carbons (Fsp3) is 0.545. The van der Waals surface area contributed by atoms with Crippen LogP contribution in [0.4, 0.5) is 39.5 Å². The Morgan fingerprint density at radius 3 is 2.68 bits per heavy atom. The Morgan fingerprint density at radius 2 is 2.00 bits per heavy atom. The molecule has 2 aliphatic rings. The summed E-state index contributed by atoms with van der Waals surface area (Å²) in [5, 5.41) is 2.77. The molecule has 1 N–H and O–H groups in total. The number of hydrogen-bond acceptors (Lipinski definition) is 6. The van der Waals surface area contributed by atoms with Crippen molar-refractivity contribution < 1.29 is 26.7 Å². The number of hydrogen-bond donors (Lipinski definition) is 1. The molecule has 1 amide bonds. The van der Waals surface area contributed by atoms with Crippen molar-refractivity contribution in [1.29, 1.82) is 0 Å². The molecule has 4 rings (SSSR count). The van der Waals surface area contributed by atoms with Crippen molar-refractivity contribution in [3.63, 3.8) is 0 Å². The van der Waals surface area contributed by atoms with E-state index in [0.717, 1.165) is 31.2 Å². The van der Waals surface area contributed by atoms with Crippen LogP contribution in [0, 0.1) is 0 Å². The van der Waals surface area contributed by atoms with Crippen molar-refractivity contribution in [1.82, 2.24) is 19.9 Å². The van der Waals surface area contributed by atoms with Crippen molar-refractivity contribution in [3.8, 4) is 0 Å². The Hall–Kier alpha value is -3.05. The zero-order valence-corrected chi connectivity index (χ0v) is 18.6. The second kappa shape index (κ2) is 9.30. The molecule has 0 bridgehead atoms. The van der Waals surface area contributed by atoms with Crippen molar-refractivity contribution in [2.75, 3.05) is 36.4 Å². The number of carbonyl (C=O) groups is 1. The largest absolute Gasteiger partial charge is 0.416 e. The van der Waals surface area contributed by atoms with Crippen LogP contribution in [-0.4, -0.2) is 57.9 Å². The molecular formula is C22H25F5N6O. The molecular weight excluding hydrogens is 459 g/mol. The van der Waals surface area contributed by atoms with Gasteiger partial charge in [0.2, 0.25) is 11.9 Å². The average molecular weight is 484 g/mol. The van der Waals surface area contributed by atoms with Gasteiger partial charge in [0.15, 0.2) is 0 Å². The van der Waals surface area contributed by atoms with E-state index in [0.29, 0.717) is 25.2 Å². The molecule has 1 unspecified atom stereocenters. The Labute approximate surface area is 193 Å². The van der Waals surface area contributed by atoms with Crippen LogP contribution >= 0.6 is 0 Å². The molecule has 4 heterocycles. The summed E-state index contributed by atoms with van der Waals surface area (Å²) in [6.45, 7) is 2.37. The third-order valence-corrected chi connectivity index (χ3v) is 6.02. The van der Waals surface area contributed by atoms with Crippen LogP contribution in [0.2, 0.25) is 0 Å². The molecule has 7 nitrogen and oxygen atoms in total. The van der Waals surface area contributed by atoms with Crippen LogP contribution in [0.1, 0.15) is 49.8 Å². The second-order valence-electron chi connectivity index (χ2n) is 8.59. The quantitative estimate of drug-likeness (QED) is 0.626. The molecule has 2 fully saturated rings. The van der Waals surface area contributed by atoms with E-state index in [1.165, 1.54) is 4.90 Å². The van der Waals surface area contributed by atoms with Gasteiger partial charge < -0.3 is 15.1 Å². The lowest BCUT2D eigenvalue weighted by atomic mass is 9.94. The van der Waals surface area contributed by atoms with E-state index < -0.39 is 24.2 Å². The number of anilines is 3. The molecule has 12 heteroatoms. The molecule has 1 atom stereocenters. The summed E-state index contributed by atoms with van der Waals surface area (Å²) in [5.74, 6) is -2.86. The Kier molecular flexibility index (Phi) is 6.59. The van der Waals surface area contributed by atoms with E-state index in [2.05, 4.69) is 20.3 Å². The van der Waals surface area contributed by atoms with Gasteiger partial charge in [0.1, 0.15) is 11.6 Å². The maximum absolute atomic E-state index is 13.8. The number of likely N-dealkylation sites (tertiary alicyclic amines) is 1. The minimum absolute atomic E-state index is 0.0182. The molecule has 184 valence electrons. The van der Waals surface area contributed by atoms with Crippen molar-refractivity contribution in [3.05, 3.63) is 35.7 Å². The summed E-state index contributed by atoms with van der Waals surface area (Å²) in [5.41, 5.74) is -0.331. The first kappa shape index (κ1) is 24.1. The molecule has 0 aromatic carbocycles. The number of amides is 1. The van der Waals surface area contributed by atoms with Gasteiger partial charge in [0.05, 0.1) is 17.8 Å². The molecule has 2 aliphatic heterocycles. The minimum atomic E-state index is -4.54. The molecule has 0 saturated carbocycles. The number of aromatic nitrogens is 3. The first-order chi connectivity index (χ1) is 16.0. The molecule has 0 radical (unpaired) electrons. The molecule has 2 aromatic rings. The van der Waals surface area contributed by atoms with Gasteiger partial charge in [0, 0.05) is 50.7 Å². The average Bonchev–Trinajstić information content (AvgIpc) is 3.18. The number of nitrogens with zero attached hydrogens (tertiary/aromatic N) is 5. The van der Waals surface area contributed by atoms with Gasteiger partial charge in [-0.05, 0) is 25.0 Å². The normalized spacial score (nSPS) is 20.5. The minimum Gasteiger partial charge on any atom is -0.342 e. The highest BCUT2D eigenvalue weighted by atomic mass is 19.4. The third-order valence-electron chi connectivity index (χ3n) is 6.02. The lowest BCUT2D eigenvalue weighted by Gasteiger charge is -2.33. The smallest absolute Gasteiger partial charge is 0.342 e. The monoisotopic (exact) mass is 484 g/mol. The summed E-state index contributed by atoms with van der Waals surface area (Å²) in [7, 11) is 0. The van der Waals surface area contributed by atoms with Crippen LogP contribution in [-0.2, 0) is 11.0 Å². The fourth-order valence-corrected chi connectivity index (χ4v) is 4.25. The van der Waals surface area contributed by atoms with E-state index in [-0.39, 0.29) is 42.4 Å². The zero-order chi connectivity index (χ0) is 24.5. The summed E-state index contributed by atoms with van der Waals surface area (Å²) in [6.07, 6.45) is -1.97. The highest BCUT2D eigenvalue weighted by Crippen LogP contribution is 2.34. The fourth-order valence-electron chi connectivity index (χ4n) is 4.25. The number of carbonyl (C=O) groups excluding carboxylic acids is 1. The van der Waals surface area contributed by atoms with Crippen LogP contribution in [0.15, 0.2) is 24.4 Å². The Balaban J connectivity index is 1.66. The first-order valence-corrected chi connectivity index (χ1v) is 11.1. The van der Waals surface area contributed by atoms with Crippen molar-refractivity contribution in [2.24, 2.45) is 0 Å². The van der Waals surface area contributed by atoms with E-state index in [4.69, 9.17) is 0 Å². The standard InChI is InChI=1S/C22H25F5N6O/c1-2-19(34)32-8-3-4-14(12-32)16-11-18(30-17-10-15(5-7-28-17)22(25,26)27)31-20(29-16)33-9-6-21(23,24)13-33/h5,7,10-11,14H,2-4,6,8-9,12-13H2,1H3,(H,28,29,30,31). The van der Waals surface area contributed by atoms with Gasteiger partial charge in [-0.15, -0.1) is 0 Å². The van der Waals surface area contributed by atoms with E-state index >= 15 is 0 Å². The molecule has 2 saturated heterocycles. The number of pyridine rings is 1. The predicted molar refractivity (Wildman–Crippen MR) is 115 cm³/mol. The molecule has 2 aromatic heterocycles. The molecule has 0 spiro atoms. The van der Waals surface area contributed by atoms with Gasteiger partial charge in [-0.2, -0.15) is 18.2 Å². The van der Waals surface area contributed by atoms with Crippen molar-refractivity contribution in [2.45, 2.75) is 50.6 Å². The predicted octanol–water partition coefficient (Wildman–Crippen LogP) is 4.60. The Bertz CT molecular complexity index is 1050. The van der Waals surface area contributed by atoms with Crippen LogP contribution in [0.5, 0.6) is 0 Å². The second-order valence-corrected chi connectivity index (χ2v) is 8.59. The number of piperidine rings is 1. The summed E-state index contributed by atoms with van der Waals surface area (Å²) in [6, 6.07) is 3.30. The van der Waals surface area contributed by atoms with E-state index in [1.807, 2.05) is 0 Å². The topological polar surface area (TPSA) is 74.2 Å². The van der Waals surface area contributed by atoms with Crippen LogP contribution in [0.3, 0.4) is 0 Å². The lowest BCUT2D eigenvalue weighted by molar-refractivity contribution is -0.137. The summed E-state index contributed by atoms with van der Waals surface area (Å²) >= 11 is 0. The van der Waals surface area contributed by atoms with Crippen LogP contribution in [0.25, 0.3) is 0 Å². The third kappa shape index (κ3) is 5.53. The van der Waals surface area contributed by atoms with E-state index in [1.54, 1.807) is 17.9 Å². The van der Waals surface area contributed by atoms with Gasteiger partial charge in [-0.1, -0.05) is 6.92 Å². The van der Waals surface area contributed by atoms with Crippen molar-refractivity contribution >= 4 is 23.5 Å². The SMILES string of the molecule is CCC(=O)N1CCCC(c2cc(Nc3cc(C(F)(F)F)ccn3)nc(N3CCC(F)(F)C3)n2)C1. The maximum atomic E-state index is 13.8. The molecule has 0 aliphatic carbocycles. The summed E-state index contributed by atoms with van der Waals surface area (Å²) < 4.78 is 67.0. The maximum Gasteiger partial charge on any atom is 0.416 e. The highest BCUT2D eigenvalue weighted by Gasteiger charge is 2.40.